The number of fused-ring (bicyclic) bond motifs is 1. The van der Waals surface area contributed by atoms with E-state index in [1.807, 2.05) is 12.1 Å². The van der Waals surface area contributed by atoms with Gasteiger partial charge in [-0.05, 0) is 6.07 Å². The molecule has 0 aliphatic carbocycles. The molecular formula is C11H9NO2. The summed E-state index contributed by atoms with van der Waals surface area (Å²) in [4.78, 5) is 12.9. The molecule has 0 radical (unpaired) electrons. The number of rotatable bonds is 1. The molecule has 0 spiro atoms. The maximum absolute atomic E-state index is 11.7. The molecule has 0 unspecified atom stereocenters. The van der Waals surface area contributed by atoms with Gasteiger partial charge < -0.3 is 5.11 Å². The lowest BCUT2D eigenvalue weighted by Gasteiger charge is -2.11. The molecule has 3 heteroatoms. The van der Waals surface area contributed by atoms with Crippen LogP contribution < -0.4 is 0 Å². The monoisotopic (exact) mass is 187 g/mol. The second-order valence-electron chi connectivity index (χ2n) is 2.95. The van der Waals surface area contributed by atoms with E-state index in [0.717, 1.165) is 5.56 Å². The fraction of sp³-hybridized carbons (Fsp3) is 0.0909. The lowest BCUT2D eigenvalue weighted by atomic mass is 10.1. The first-order valence-electron chi connectivity index (χ1n) is 4.21. The van der Waals surface area contributed by atoms with Crippen LogP contribution >= 0.6 is 0 Å². The number of hydrogen-bond acceptors (Lipinski definition) is 2. The van der Waals surface area contributed by atoms with E-state index >= 15 is 0 Å². The van der Waals surface area contributed by atoms with Crippen LogP contribution in [0, 0.1) is 0 Å². The Balaban J connectivity index is 2.66. The van der Waals surface area contributed by atoms with Gasteiger partial charge in [-0.3, -0.25) is 9.69 Å². The van der Waals surface area contributed by atoms with E-state index < -0.39 is 0 Å². The number of amides is 1. The Morgan fingerprint density at radius 2 is 2.00 bits per heavy atom. The Hall–Kier alpha value is -1.83. The largest absolute Gasteiger partial charge is 0.376 e. The first-order chi connectivity index (χ1) is 6.79. The van der Waals surface area contributed by atoms with Crippen molar-refractivity contribution < 1.29 is 9.90 Å². The van der Waals surface area contributed by atoms with Crippen molar-refractivity contribution in [3.63, 3.8) is 0 Å². The molecule has 1 aromatic carbocycles. The Kier molecular flexibility index (Phi) is 1.97. The molecule has 0 aromatic heterocycles. The highest BCUT2D eigenvalue weighted by Gasteiger charge is 2.30. The number of aliphatic hydroxyl groups excluding tert-OH is 1. The number of carbonyl (C=O) groups is 1. The third-order valence-corrected chi connectivity index (χ3v) is 2.24. The van der Waals surface area contributed by atoms with Crippen LogP contribution in [-0.2, 0) is 0 Å². The normalized spacial score (nSPS) is 14.2. The van der Waals surface area contributed by atoms with E-state index in [-0.39, 0.29) is 12.6 Å². The highest BCUT2D eigenvalue weighted by Crippen LogP contribution is 2.30. The number of aliphatic hydroxyl groups is 1. The van der Waals surface area contributed by atoms with E-state index in [1.54, 1.807) is 12.1 Å². The summed E-state index contributed by atoms with van der Waals surface area (Å²) in [6.45, 7) is 3.17. The second kappa shape index (κ2) is 3.14. The molecule has 1 N–H and O–H groups in total. The molecule has 70 valence electrons. The SMILES string of the molecule is C=C=C1c2ccccc2C(=O)N1CO. The standard InChI is InChI=1S/C11H9NO2/c1-2-10-8-5-3-4-6-9(8)11(14)12(10)7-13/h3-6,13H,1,7H2. The van der Waals surface area contributed by atoms with Crippen LogP contribution in [-0.4, -0.2) is 22.6 Å². The van der Waals surface area contributed by atoms with Crippen LogP contribution in [0.4, 0.5) is 0 Å². The first kappa shape index (κ1) is 8.75. The average Bonchev–Trinajstić information content (AvgIpc) is 2.51. The summed E-state index contributed by atoms with van der Waals surface area (Å²) < 4.78 is 0. The molecule has 14 heavy (non-hydrogen) atoms. The van der Waals surface area contributed by atoms with Gasteiger partial charge in [0.15, 0.2) is 0 Å². The lowest BCUT2D eigenvalue weighted by molar-refractivity contribution is 0.0727. The molecule has 0 fully saturated rings. The fourth-order valence-corrected chi connectivity index (χ4v) is 1.59. The Morgan fingerprint density at radius 1 is 1.36 bits per heavy atom. The quantitative estimate of drug-likeness (QED) is 0.671. The van der Waals surface area contributed by atoms with Crippen LogP contribution in [0.1, 0.15) is 15.9 Å². The summed E-state index contributed by atoms with van der Waals surface area (Å²) in [7, 11) is 0. The van der Waals surface area contributed by atoms with Gasteiger partial charge in [-0.1, -0.05) is 24.8 Å². The zero-order valence-corrected chi connectivity index (χ0v) is 7.53. The average molecular weight is 187 g/mol. The van der Waals surface area contributed by atoms with Crippen LogP contribution in [0.2, 0.25) is 0 Å². The minimum Gasteiger partial charge on any atom is -0.376 e. The molecule has 2 rings (SSSR count). The van der Waals surface area contributed by atoms with Crippen molar-refractivity contribution in [2.45, 2.75) is 0 Å². The molecule has 1 amide bonds. The minimum absolute atomic E-state index is 0.200. The number of hydrogen-bond donors (Lipinski definition) is 1. The van der Waals surface area contributed by atoms with Gasteiger partial charge in [-0.15, -0.1) is 5.73 Å². The van der Waals surface area contributed by atoms with Gasteiger partial charge in [-0.25, -0.2) is 0 Å². The van der Waals surface area contributed by atoms with E-state index in [2.05, 4.69) is 12.3 Å². The summed E-state index contributed by atoms with van der Waals surface area (Å²) in [6, 6.07) is 7.17. The maximum Gasteiger partial charge on any atom is 0.261 e. The first-order valence-corrected chi connectivity index (χ1v) is 4.21. The zero-order chi connectivity index (χ0) is 10.1. The zero-order valence-electron chi connectivity index (χ0n) is 7.53. The second-order valence-corrected chi connectivity index (χ2v) is 2.95. The van der Waals surface area contributed by atoms with Gasteiger partial charge in [0.25, 0.3) is 5.91 Å². The Morgan fingerprint density at radius 3 is 2.57 bits per heavy atom. The van der Waals surface area contributed by atoms with E-state index in [0.29, 0.717) is 11.3 Å². The van der Waals surface area contributed by atoms with Crippen LogP contribution in [0.15, 0.2) is 36.6 Å². The lowest BCUT2D eigenvalue weighted by Crippen LogP contribution is -2.23. The van der Waals surface area contributed by atoms with Crippen molar-refractivity contribution in [3.05, 3.63) is 47.7 Å². The van der Waals surface area contributed by atoms with Gasteiger partial charge >= 0.3 is 0 Å². The fourth-order valence-electron chi connectivity index (χ4n) is 1.59. The molecule has 1 aliphatic rings. The van der Waals surface area contributed by atoms with Crippen LogP contribution in [0.25, 0.3) is 5.70 Å². The summed E-state index contributed by atoms with van der Waals surface area (Å²) in [6.07, 6.45) is 0. The van der Waals surface area contributed by atoms with E-state index in [9.17, 15) is 4.79 Å². The summed E-state index contributed by atoms with van der Waals surface area (Å²) in [5.74, 6) is -0.200. The summed E-state index contributed by atoms with van der Waals surface area (Å²) in [5, 5.41) is 9.03. The smallest absolute Gasteiger partial charge is 0.261 e. The number of nitrogens with zero attached hydrogens (tertiary/aromatic N) is 1. The third-order valence-electron chi connectivity index (χ3n) is 2.24. The topological polar surface area (TPSA) is 40.5 Å². The van der Waals surface area contributed by atoms with Gasteiger partial charge in [0.05, 0.1) is 5.70 Å². The molecule has 3 nitrogen and oxygen atoms in total. The van der Waals surface area contributed by atoms with E-state index in [1.165, 1.54) is 4.90 Å². The molecule has 0 atom stereocenters. The summed E-state index contributed by atoms with van der Waals surface area (Å²) >= 11 is 0. The molecular weight excluding hydrogens is 178 g/mol. The molecule has 1 aromatic rings. The molecule has 0 saturated heterocycles. The highest BCUT2D eigenvalue weighted by atomic mass is 16.3. The molecule has 1 heterocycles. The van der Waals surface area contributed by atoms with Crippen molar-refractivity contribution in [1.82, 2.24) is 4.90 Å². The van der Waals surface area contributed by atoms with Crippen molar-refractivity contribution in [1.29, 1.82) is 0 Å². The van der Waals surface area contributed by atoms with Gasteiger partial charge in [0.1, 0.15) is 6.73 Å². The van der Waals surface area contributed by atoms with Crippen LogP contribution in [0.3, 0.4) is 0 Å². The molecule has 0 saturated carbocycles. The predicted molar refractivity (Wildman–Crippen MR) is 52.2 cm³/mol. The Labute approximate surface area is 81.6 Å². The van der Waals surface area contributed by atoms with Crippen molar-refractivity contribution in [2.24, 2.45) is 0 Å². The molecule has 0 bridgehead atoms. The van der Waals surface area contributed by atoms with Gasteiger partial charge in [0.2, 0.25) is 0 Å². The predicted octanol–water partition coefficient (Wildman–Crippen LogP) is 1.22. The van der Waals surface area contributed by atoms with Crippen molar-refractivity contribution >= 4 is 11.6 Å². The third kappa shape index (κ3) is 1.01. The Bertz CT molecular complexity index is 444. The number of benzene rings is 1. The van der Waals surface area contributed by atoms with E-state index in [4.69, 9.17) is 5.11 Å². The summed E-state index contributed by atoms with van der Waals surface area (Å²) in [5.41, 5.74) is 4.58. The van der Waals surface area contributed by atoms with Crippen molar-refractivity contribution in [2.75, 3.05) is 6.73 Å². The van der Waals surface area contributed by atoms with Gasteiger partial charge in [-0.2, -0.15) is 0 Å². The van der Waals surface area contributed by atoms with Crippen LogP contribution in [0.5, 0.6) is 0 Å². The van der Waals surface area contributed by atoms with Crippen molar-refractivity contribution in [3.8, 4) is 0 Å². The van der Waals surface area contributed by atoms with Gasteiger partial charge in [0, 0.05) is 11.1 Å². The maximum atomic E-state index is 11.7. The highest BCUT2D eigenvalue weighted by molar-refractivity contribution is 6.08. The minimum atomic E-state index is -0.342. The number of carbonyl (C=O) groups excluding carboxylic acids is 1. The molecule has 1 aliphatic heterocycles.